The van der Waals surface area contributed by atoms with Gasteiger partial charge in [0.05, 0.1) is 10.7 Å². The Hall–Kier alpha value is -1.07. The second kappa shape index (κ2) is 3.83. The first-order valence-corrected chi connectivity index (χ1v) is 5.14. The summed E-state index contributed by atoms with van der Waals surface area (Å²) in [6.07, 6.45) is 0.959. The number of aromatic carboxylic acids is 1. The third-order valence-electron chi connectivity index (χ3n) is 2.53. The quantitative estimate of drug-likeness (QED) is 0.783. The van der Waals surface area contributed by atoms with Crippen LogP contribution >= 0.6 is 11.6 Å². The molecule has 1 aromatic heterocycles. The average molecular weight is 230 g/mol. The van der Waals surface area contributed by atoms with E-state index in [1.165, 1.54) is 0 Å². The van der Waals surface area contributed by atoms with Crippen molar-refractivity contribution in [3.8, 4) is 0 Å². The smallest absolute Gasteiger partial charge is 0.357 e. The Kier molecular flexibility index (Phi) is 2.67. The zero-order valence-electron chi connectivity index (χ0n) is 8.40. The highest BCUT2D eigenvalue weighted by Crippen LogP contribution is 2.24. The van der Waals surface area contributed by atoms with Gasteiger partial charge in [-0.15, -0.1) is 0 Å². The van der Waals surface area contributed by atoms with E-state index >= 15 is 0 Å². The minimum Gasteiger partial charge on any atom is -0.476 e. The van der Waals surface area contributed by atoms with Crippen LogP contribution in [0.2, 0.25) is 5.02 Å². The van der Waals surface area contributed by atoms with Crippen LogP contribution in [0, 0.1) is 0 Å². The summed E-state index contributed by atoms with van der Waals surface area (Å²) in [7, 11) is 1.99. The first kappa shape index (κ1) is 10.4. The highest BCUT2D eigenvalue weighted by atomic mass is 35.5. The van der Waals surface area contributed by atoms with Crippen LogP contribution in [0.15, 0.2) is 0 Å². The maximum Gasteiger partial charge on any atom is 0.357 e. The summed E-state index contributed by atoms with van der Waals surface area (Å²) in [5.74, 6) is -1.07. The molecule has 2 heterocycles. The van der Waals surface area contributed by atoms with Crippen molar-refractivity contribution < 1.29 is 9.90 Å². The van der Waals surface area contributed by atoms with Crippen molar-refractivity contribution in [2.45, 2.75) is 19.5 Å². The fourth-order valence-electron chi connectivity index (χ4n) is 1.77. The van der Waals surface area contributed by atoms with Gasteiger partial charge < -0.3 is 10.0 Å². The van der Waals surface area contributed by atoms with Crippen molar-refractivity contribution >= 4 is 17.6 Å². The van der Waals surface area contributed by atoms with E-state index in [0.29, 0.717) is 6.54 Å². The van der Waals surface area contributed by atoms with Gasteiger partial charge in [-0.2, -0.15) is 5.10 Å². The molecule has 0 spiro atoms. The summed E-state index contributed by atoms with van der Waals surface area (Å²) in [5, 5.41) is 13.2. The molecule has 15 heavy (non-hydrogen) atoms. The molecule has 1 N–H and O–H groups in total. The number of aromatic nitrogens is 2. The molecule has 5 nitrogen and oxygen atoms in total. The second-order valence-electron chi connectivity index (χ2n) is 3.73. The first-order valence-electron chi connectivity index (χ1n) is 4.76. The number of carboxylic acid groups (broad SMARTS) is 1. The number of nitrogens with zero attached hydrogens (tertiary/aromatic N) is 3. The Morgan fingerprint density at radius 1 is 1.53 bits per heavy atom. The summed E-state index contributed by atoms with van der Waals surface area (Å²) in [4.78, 5) is 12.9. The monoisotopic (exact) mass is 229 g/mol. The molecule has 0 fully saturated rings. The van der Waals surface area contributed by atoms with Crippen molar-refractivity contribution in [2.24, 2.45) is 0 Å². The molecule has 0 radical (unpaired) electrons. The van der Waals surface area contributed by atoms with Crippen LogP contribution in [0.5, 0.6) is 0 Å². The molecule has 0 aliphatic carbocycles. The first-order chi connectivity index (χ1) is 7.09. The normalized spacial score (nSPS) is 17.2. The molecule has 1 aromatic rings. The number of carbonyl (C=O) groups is 1. The molecule has 6 heteroatoms. The van der Waals surface area contributed by atoms with Gasteiger partial charge in [0.2, 0.25) is 0 Å². The van der Waals surface area contributed by atoms with E-state index < -0.39 is 5.97 Å². The standard InChI is InChI=1S/C9H12ClN3O2/c1-12-3-2-4-13-6(5-12)7(10)8(11-13)9(14)15/h2-5H2,1H3,(H,14,15). The fourth-order valence-corrected chi connectivity index (χ4v) is 2.05. The molecule has 0 bridgehead atoms. The van der Waals surface area contributed by atoms with Gasteiger partial charge in [0.1, 0.15) is 0 Å². The summed E-state index contributed by atoms with van der Waals surface area (Å²) < 4.78 is 1.70. The maximum atomic E-state index is 10.8. The van der Waals surface area contributed by atoms with Crippen LogP contribution in [-0.2, 0) is 13.1 Å². The fraction of sp³-hybridized carbons (Fsp3) is 0.556. The number of aryl methyl sites for hydroxylation is 1. The van der Waals surface area contributed by atoms with Crippen LogP contribution in [0.3, 0.4) is 0 Å². The van der Waals surface area contributed by atoms with Crippen molar-refractivity contribution in [2.75, 3.05) is 13.6 Å². The predicted molar refractivity (Wildman–Crippen MR) is 55.1 cm³/mol. The molecule has 0 amide bonds. The number of hydrogen-bond donors (Lipinski definition) is 1. The largest absolute Gasteiger partial charge is 0.476 e. The lowest BCUT2D eigenvalue weighted by Crippen LogP contribution is -2.17. The van der Waals surface area contributed by atoms with Crippen LogP contribution in [-0.4, -0.2) is 39.3 Å². The van der Waals surface area contributed by atoms with Gasteiger partial charge in [-0.25, -0.2) is 4.79 Å². The topological polar surface area (TPSA) is 58.4 Å². The molecule has 1 aliphatic rings. The molecule has 0 atom stereocenters. The summed E-state index contributed by atoms with van der Waals surface area (Å²) in [6, 6.07) is 0. The van der Waals surface area contributed by atoms with Crippen molar-refractivity contribution in [3.63, 3.8) is 0 Å². The van der Waals surface area contributed by atoms with Crippen LogP contribution in [0.1, 0.15) is 22.6 Å². The zero-order chi connectivity index (χ0) is 11.0. The van der Waals surface area contributed by atoms with E-state index in [1.54, 1.807) is 4.68 Å². The molecule has 2 rings (SSSR count). The van der Waals surface area contributed by atoms with Crippen molar-refractivity contribution in [3.05, 3.63) is 16.4 Å². The Bertz CT molecular complexity index is 402. The second-order valence-corrected chi connectivity index (χ2v) is 4.11. The van der Waals surface area contributed by atoms with Gasteiger partial charge in [-0.1, -0.05) is 11.6 Å². The van der Waals surface area contributed by atoms with Gasteiger partial charge in [0.15, 0.2) is 5.69 Å². The van der Waals surface area contributed by atoms with Gasteiger partial charge in [-0.3, -0.25) is 4.68 Å². The minimum absolute atomic E-state index is 0.0398. The highest BCUT2D eigenvalue weighted by Gasteiger charge is 2.23. The number of hydrogen-bond acceptors (Lipinski definition) is 3. The SMILES string of the molecule is CN1CCCn2nc(C(=O)O)c(Cl)c2C1. The Balaban J connectivity index is 2.44. The van der Waals surface area contributed by atoms with Gasteiger partial charge in [0.25, 0.3) is 0 Å². The third kappa shape index (κ3) is 1.85. The molecule has 0 saturated carbocycles. The van der Waals surface area contributed by atoms with Crippen LogP contribution < -0.4 is 0 Å². The number of halogens is 1. The average Bonchev–Trinajstić information content (AvgIpc) is 2.38. The maximum absolute atomic E-state index is 10.8. The predicted octanol–water partition coefficient (Wildman–Crippen LogP) is 1.07. The Morgan fingerprint density at radius 2 is 2.27 bits per heavy atom. The van der Waals surface area contributed by atoms with Gasteiger partial charge >= 0.3 is 5.97 Å². The summed E-state index contributed by atoms with van der Waals surface area (Å²) in [6.45, 7) is 2.36. The van der Waals surface area contributed by atoms with E-state index in [-0.39, 0.29) is 10.7 Å². The third-order valence-corrected chi connectivity index (χ3v) is 2.92. The van der Waals surface area contributed by atoms with Crippen molar-refractivity contribution in [1.82, 2.24) is 14.7 Å². The van der Waals surface area contributed by atoms with Crippen LogP contribution in [0.4, 0.5) is 0 Å². The molecule has 82 valence electrons. The van der Waals surface area contributed by atoms with Crippen molar-refractivity contribution in [1.29, 1.82) is 0 Å². The minimum atomic E-state index is -1.07. The molecule has 0 unspecified atom stereocenters. The number of rotatable bonds is 1. The molecular weight excluding hydrogens is 218 g/mol. The summed E-state index contributed by atoms with van der Waals surface area (Å²) in [5.41, 5.74) is 0.760. The lowest BCUT2D eigenvalue weighted by molar-refractivity contribution is 0.0689. The van der Waals surface area contributed by atoms with E-state index in [0.717, 1.165) is 25.2 Å². The van der Waals surface area contributed by atoms with E-state index in [1.807, 2.05) is 7.05 Å². The van der Waals surface area contributed by atoms with Gasteiger partial charge in [-0.05, 0) is 13.5 Å². The van der Waals surface area contributed by atoms with E-state index in [2.05, 4.69) is 10.00 Å². The van der Waals surface area contributed by atoms with E-state index in [4.69, 9.17) is 16.7 Å². The molecule has 1 aliphatic heterocycles. The van der Waals surface area contributed by atoms with Gasteiger partial charge in [0, 0.05) is 19.6 Å². The summed E-state index contributed by atoms with van der Waals surface area (Å²) >= 11 is 5.98. The Labute approximate surface area is 92.2 Å². The lowest BCUT2D eigenvalue weighted by atomic mass is 10.3. The highest BCUT2D eigenvalue weighted by molar-refractivity contribution is 6.33. The van der Waals surface area contributed by atoms with E-state index in [9.17, 15) is 4.79 Å². The lowest BCUT2D eigenvalue weighted by Gasteiger charge is -2.11. The molecule has 0 saturated heterocycles. The zero-order valence-corrected chi connectivity index (χ0v) is 9.16. The Morgan fingerprint density at radius 3 is 2.93 bits per heavy atom. The number of carboxylic acids is 1. The van der Waals surface area contributed by atoms with Crippen LogP contribution in [0.25, 0.3) is 0 Å². The molecular formula is C9H12ClN3O2. The number of fused-ring (bicyclic) bond motifs is 1. The molecule has 0 aromatic carbocycles.